The van der Waals surface area contributed by atoms with Gasteiger partial charge in [-0.2, -0.15) is 0 Å². The van der Waals surface area contributed by atoms with Gasteiger partial charge in [-0.15, -0.1) is 0 Å². The van der Waals surface area contributed by atoms with Gasteiger partial charge in [0.15, 0.2) is 17.6 Å². The lowest BCUT2D eigenvalue weighted by molar-refractivity contribution is 0.0428. The molecule has 1 saturated carbocycles. The summed E-state index contributed by atoms with van der Waals surface area (Å²) in [5, 5.41) is 40.9. The second-order valence-corrected chi connectivity index (χ2v) is 9.43. The SMILES string of the molecule is C=COC1CC[C@@H]2C(C)(C)CCC[C@@]2(C)c2c1oc1c(B(O)O)c(O)c(O)cc21. The van der Waals surface area contributed by atoms with Crippen molar-refractivity contribution in [1.82, 2.24) is 0 Å². The molecule has 0 saturated heterocycles. The predicted molar refractivity (Wildman–Crippen MR) is 111 cm³/mol. The van der Waals surface area contributed by atoms with Gasteiger partial charge in [-0.3, -0.25) is 0 Å². The minimum Gasteiger partial charge on any atom is -0.504 e. The summed E-state index contributed by atoms with van der Waals surface area (Å²) in [6.07, 6.45) is 5.92. The highest BCUT2D eigenvalue weighted by molar-refractivity contribution is 6.63. The zero-order chi connectivity index (χ0) is 21.1. The van der Waals surface area contributed by atoms with Crippen LogP contribution >= 0.6 is 0 Å². The van der Waals surface area contributed by atoms with Gasteiger partial charge in [-0.1, -0.05) is 33.8 Å². The molecule has 0 bridgehead atoms. The van der Waals surface area contributed by atoms with E-state index in [1.54, 1.807) is 0 Å². The van der Waals surface area contributed by atoms with E-state index >= 15 is 0 Å². The van der Waals surface area contributed by atoms with E-state index in [4.69, 9.17) is 9.15 Å². The average molecular weight is 400 g/mol. The normalized spacial score (nSPS) is 28.3. The largest absolute Gasteiger partial charge is 0.504 e. The summed E-state index contributed by atoms with van der Waals surface area (Å²) in [6, 6.07) is 1.47. The summed E-state index contributed by atoms with van der Waals surface area (Å²) in [4.78, 5) is 0. The first-order valence-electron chi connectivity index (χ1n) is 10.3. The number of hydrogen-bond donors (Lipinski definition) is 4. The van der Waals surface area contributed by atoms with Crippen molar-refractivity contribution in [2.75, 3.05) is 0 Å². The molecular weight excluding hydrogens is 371 g/mol. The molecule has 6 nitrogen and oxygen atoms in total. The Morgan fingerprint density at radius 3 is 2.59 bits per heavy atom. The molecule has 1 heterocycles. The molecule has 1 aromatic heterocycles. The summed E-state index contributed by atoms with van der Waals surface area (Å²) in [5.41, 5.74) is 0.786. The summed E-state index contributed by atoms with van der Waals surface area (Å²) in [7, 11) is -1.98. The third-order valence-corrected chi connectivity index (χ3v) is 7.33. The van der Waals surface area contributed by atoms with E-state index in [0.717, 1.165) is 37.7 Å². The van der Waals surface area contributed by atoms with Gasteiger partial charge < -0.3 is 29.4 Å². The molecule has 2 aliphatic rings. The Kier molecular flexibility index (Phi) is 4.67. The summed E-state index contributed by atoms with van der Waals surface area (Å²) >= 11 is 0. The van der Waals surface area contributed by atoms with Crippen LogP contribution in [0, 0.1) is 11.3 Å². The first-order chi connectivity index (χ1) is 13.6. The fraction of sp³-hybridized carbons (Fsp3) is 0.545. The van der Waals surface area contributed by atoms with Gasteiger partial charge in [-0.05, 0) is 43.1 Å². The molecule has 4 N–H and O–H groups in total. The molecule has 4 rings (SSSR count). The first-order valence-corrected chi connectivity index (χ1v) is 10.3. The molecule has 0 amide bonds. The Hall–Kier alpha value is -2.12. The average Bonchev–Trinajstić information content (AvgIpc) is 2.93. The summed E-state index contributed by atoms with van der Waals surface area (Å²) < 4.78 is 12.0. The molecule has 0 aliphatic heterocycles. The van der Waals surface area contributed by atoms with Crippen LogP contribution in [0.25, 0.3) is 11.0 Å². The van der Waals surface area contributed by atoms with Gasteiger partial charge in [0.05, 0.1) is 11.7 Å². The van der Waals surface area contributed by atoms with Crippen LogP contribution in [0.2, 0.25) is 0 Å². The Labute approximate surface area is 170 Å². The second kappa shape index (κ2) is 6.71. The number of phenols is 2. The van der Waals surface area contributed by atoms with E-state index < -0.39 is 18.6 Å². The minimum atomic E-state index is -1.98. The lowest BCUT2D eigenvalue weighted by Crippen LogP contribution is -2.44. The topological polar surface area (TPSA) is 103 Å². The first kappa shape index (κ1) is 20.2. The number of rotatable bonds is 3. The van der Waals surface area contributed by atoms with Crippen molar-refractivity contribution in [2.24, 2.45) is 11.3 Å². The standard InChI is InChI=1S/C22H29BO6/c1-5-28-14-7-8-15-21(2,3)9-6-10-22(15,4)16-12-11-13(24)18(25)17(23(26)27)19(12)29-20(14)16/h5,11,14-15,24-27H,1,6-10H2,2-4H3/t14?,15-,22-/m1/s1. The predicted octanol–water partition coefficient (Wildman–Crippen LogP) is 3.60. The molecule has 1 fully saturated rings. The lowest BCUT2D eigenvalue weighted by Gasteiger charge is -2.50. The fourth-order valence-corrected chi connectivity index (χ4v) is 6.13. The molecule has 7 heteroatoms. The molecule has 0 spiro atoms. The molecule has 1 aromatic carbocycles. The van der Waals surface area contributed by atoms with Crippen molar-refractivity contribution in [3.8, 4) is 11.5 Å². The van der Waals surface area contributed by atoms with Gasteiger partial charge in [0, 0.05) is 16.4 Å². The molecule has 2 aliphatic carbocycles. The second-order valence-electron chi connectivity index (χ2n) is 9.43. The van der Waals surface area contributed by atoms with Crippen molar-refractivity contribution in [1.29, 1.82) is 0 Å². The zero-order valence-corrected chi connectivity index (χ0v) is 17.2. The van der Waals surface area contributed by atoms with Crippen LogP contribution < -0.4 is 5.46 Å². The third-order valence-electron chi connectivity index (χ3n) is 7.33. The maximum Gasteiger partial charge on any atom is 0.496 e. The Bertz CT molecular complexity index is 962. The molecule has 2 aromatic rings. The van der Waals surface area contributed by atoms with E-state index in [2.05, 4.69) is 27.4 Å². The Balaban J connectivity index is 2.08. The zero-order valence-electron chi connectivity index (χ0n) is 17.2. The molecule has 3 atom stereocenters. The van der Waals surface area contributed by atoms with Crippen LogP contribution in [-0.4, -0.2) is 27.4 Å². The number of aromatic hydroxyl groups is 2. The van der Waals surface area contributed by atoms with E-state index in [0.29, 0.717) is 17.1 Å². The van der Waals surface area contributed by atoms with E-state index in [9.17, 15) is 20.3 Å². The Morgan fingerprint density at radius 2 is 1.93 bits per heavy atom. The smallest absolute Gasteiger partial charge is 0.496 e. The summed E-state index contributed by atoms with van der Waals surface area (Å²) in [5.74, 6) is 0.00259. The van der Waals surface area contributed by atoms with E-state index in [-0.39, 0.29) is 28.0 Å². The molecule has 29 heavy (non-hydrogen) atoms. The molecule has 156 valence electrons. The van der Waals surface area contributed by atoms with Crippen LogP contribution in [0.1, 0.15) is 70.3 Å². The van der Waals surface area contributed by atoms with Crippen LogP contribution in [-0.2, 0) is 10.2 Å². The van der Waals surface area contributed by atoms with Crippen LogP contribution in [0.5, 0.6) is 11.5 Å². The van der Waals surface area contributed by atoms with Crippen LogP contribution in [0.4, 0.5) is 0 Å². The van der Waals surface area contributed by atoms with E-state index in [1.807, 2.05) is 0 Å². The number of hydrogen-bond acceptors (Lipinski definition) is 6. The number of benzene rings is 1. The molecular formula is C22H29BO6. The highest BCUT2D eigenvalue weighted by atomic mass is 16.5. The van der Waals surface area contributed by atoms with Crippen molar-refractivity contribution in [3.05, 3.63) is 30.2 Å². The van der Waals surface area contributed by atoms with Gasteiger partial charge in [0.2, 0.25) is 0 Å². The van der Waals surface area contributed by atoms with Crippen molar-refractivity contribution in [2.45, 2.75) is 64.4 Å². The van der Waals surface area contributed by atoms with Crippen molar-refractivity contribution in [3.63, 3.8) is 0 Å². The maximum absolute atomic E-state index is 10.3. The maximum atomic E-state index is 10.3. The lowest BCUT2D eigenvalue weighted by atomic mass is 9.53. The highest BCUT2D eigenvalue weighted by Crippen LogP contribution is 2.60. The third kappa shape index (κ3) is 2.86. The monoisotopic (exact) mass is 400 g/mol. The number of ether oxygens (including phenoxy) is 1. The van der Waals surface area contributed by atoms with E-state index in [1.165, 1.54) is 12.3 Å². The Morgan fingerprint density at radius 1 is 1.21 bits per heavy atom. The molecule has 1 unspecified atom stereocenters. The quantitative estimate of drug-likeness (QED) is 0.357. The van der Waals surface area contributed by atoms with Gasteiger partial charge >= 0.3 is 7.12 Å². The number of furan rings is 1. The van der Waals surface area contributed by atoms with Gasteiger partial charge in [-0.25, -0.2) is 0 Å². The minimum absolute atomic E-state index is 0.120. The van der Waals surface area contributed by atoms with Gasteiger partial charge in [0.1, 0.15) is 11.3 Å². The van der Waals surface area contributed by atoms with Gasteiger partial charge in [0.25, 0.3) is 0 Å². The van der Waals surface area contributed by atoms with Crippen molar-refractivity contribution >= 4 is 23.6 Å². The van der Waals surface area contributed by atoms with Crippen LogP contribution in [0.3, 0.4) is 0 Å². The number of phenolic OH excluding ortho intramolecular Hbond substituents is 2. The van der Waals surface area contributed by atoms with Crippen molar-refractivity contribution < 1.29 is 29.4 Å². The van der Waals surface area contributed by atoms with Crippen LogP contribution in [0.15, 0.2) is 23.3 Å². The summed E-state index contributed by atoms with van der Waals surface area (Å²) in [6.45, 7) is 10.5. The number of fused-ring (bicyclic) bond motifs is 5. The molecule has 0 radical (unpaired) electrons. The highest BCUT2D eigenvalue weighted by Gasteiger charge is 2.52. The fourth-order valence-electron chi connectivity index (χ4n) is 6.13.